The Balaban J connectivity index is 2.60. The number of benzene rings is 1. The van der Waals surface area contributed by atoms with Gasteiger partial charge in [-0.2, -0.15) is 0 Å². The summed E-state index contributed by atoms with van der Waals surface area (Å²) in [7, 11) is 1.89. The van der Waals surface area contributed by atoms with Gasteiger partial charge in [0.2, 0.25) is 0 Å². The molecule has 17 heavy (non-hydrogen) atoms. The van der Waals surface area contributed by atoms with Gasteiger partial charge in [0.1, 0.15) is 0 Å². The van der Waals surface area contributed by atoms with Crippen LogP contribution in [0.4, 0.5) is 0 Å². The summed E-state index contributed by atoms with van der Waals surface area (Å²) in [5.41, 5.74) is 1.21. The maximum Gasteiger partial charge on any atom is 0.183 e. The Morgan fingerprint density at radius 2 is 1.65 bits per heavy atom. The molecule has 0 saturated heterocycles. The quantitative estimate of drug-likeness (QED) is 0.730. The molecular formula is C13H22O3Si. The molecule has 0 aliphatic heterocycles. The second-order valence-electron chi connectivity index (χ2n) is 4.90. The molecule has 0 fully saturated rings. The molecule has 4 heteroatoms. The van der Waals surface area contributed by atoms with Crippen molar-refractivity contribution in [3.05, 3.63) is 23.8 Å². The van der Waals surface area contributed by atoms with Gasteiger partial charge in [-0.1, -0.05) is 6.07 Å². The van der Waals surface area contributed by atoms with Crippen molar-refractivity contribution >= 4 is 8.32 Å². The summed E-state index contributed by atoms with van der Waals surface area (Å²) in [5.74, 6) is 1.54. The second kappa shape index (κ2) is 6.07. The predicted octanol–water partition coefficient (Wildman–Crippen LogP) is 3.10. The zero-order chi connectivity index (χ0) is 12.9. The van der Waals surface area contributed by atoms with Crippen molar-refractivity contribution in [2.75, 3.05) is 20.8 Å². The van der Waals surface area contributed by atoms with Crippen molar-refractivity contribution in [3.63, 3.8) is 0 Å². The topological polar surface area (TPSA) is 27.7 Å². The molecule has 1 aromatic rings. The van der Waals surface area contributed by atoms with Crippen molar-refractivity contribution in [2.45, 2.75) is 26.1 Å². The maximum absolute atomic E-state index is 5.83. The van der Waals surface area contributed by atoms with Crippen LogP contribution in [0.5, 0.6) is 11.5 Å². The molecule has 0 radical (unpaired) electrons. The molecule has 1 aromatic carbocycles. The summed E-state index contributed by atoms with van der Waals surface area (Å²) in [5, 5.41) is 0. The summed E-state index contributed by atoms with van der Waals surface area (Å²) in [4.78, 5) is 0. The van der Waals surface area contributed by atoms with Crippen molar-refractivity contribution < 1.29 is 13.9 Å². The Labute approximate surface area is 105 Å². The molecule has 0 saturated carbocycles. The fraction of sp³-hybridized carbons (Fsp3) is 0.538. The Morgan fingerprint density at radius 3 is 2.18 bits per heavy atom. The third kappa shape index (κ3) is 4.79. The van der Waals surface area contributed by atoms with Gasteiger partial charge in [0.05, 0.1) is 14.2 Å². The van der Waals surface area contributed by atoms with Crippen LogP contribution in [-0.4, -0.2) is 29.1 Å². The van der Waals surface area contributed by atoms with Gasteiger partial charge in [0.25, 0.3) is 0 Å². The molecule has 0 spiro atoms. The summed E-state index contributed by atoms with van der Waals surface area (Å²) in [6.07, 6.45) is 0.907. The third-order valence-corrected chi connectivity index (χ3v) is 3.44. The first-order valence-electron chi connectivity index (χ1n) is 5.81. The average molecular weight is 254 g/mol. The summed E-state index contributed by atoms with van der Waals surface area (Å²) in [6, 6.07) is 5.99. The van der Waals surface area contributed by atoms with E-state index < -0.39 is 8.32 Å². The van der Waals surface area contributed by atoms with Gasteiger partial charge in [-0.25, -0.2) is 0 Å². The van der Waals surface area contributed by atoms with E-state index in [0.717, 1.165) is 24.5 Å². The molecule has 96 valence electrons. The normalized spacial score (nSPS) is 11.4. The van der Waals surface area contributed by atoms with Crippen LogP contribution in [0.2, 0.25) is 19.6 Å². The van der Waals surface area contributed by atoms with Crippen LogP contribution in [0.1, 0.15) is 5.56 Å². The van der Waals surface area contributed by atoms with Crippen LogP contribution in [0, 0.1) is 0 Å². The largest absolute Gasteiger partial charge is 0.493 e. The summed E-state index contributed by atoms with van der Waals surface area (Å²) in [6.45, 7) is 7.36. The van der Waals surface area contributed by atoms with Crippen molar-refractivity contribution in [3.8, 4) is 11.5 Å². The fourth-order valence-corrected chi connectivity index (χ4v) is 2.23. The van der Waals surface area contributed by atoms with E-state index in [1.54, 1.807) is 14.2 Å². The smallest absolute Gasteiger partial charge is 0.183 e. The minimum atomic E-state index is -1.41. The molecule has 0 aromatic heterocycles. The second-order valence-corrected chi connectivity index (χ2v) is 9.41. The molecule has 0 aliphatic rings. The predicted molar refractivity (Wildman–Crippen MR) is 72.5 cm³/mol. The number of rotatable bonds is 6. The molecule has 0 bridgehead atoms. The van der Waals surface area contributed by atoms with Crippen LogP contribution in [0.3, 0.4) is 0 Å². The van der Waals surface area contributed by atoms with Gasteiger partial charge < -0.3 is 13.9 Å². The van der Waals surface area contributed by atoms with Gasteiger partial charge in [-0.3, -0.25) is 0 Å². The molecular weight excluding hydrogens is 232 g/mol. The summed E-state index contributed by atoms with van der Waals surface area (Å²) < 4.78 is 16.3. The minimum Gasteiger partial charge on any atom is -0.493 e. The van der Waals surface area contributed by atoms with Gasteiger partial charge >= 0.3 is 0 Å². The first kappa shape index (κ1) is 14.1. The van der Waals surface area contributed by atoms with E-state index in [-0.39, 0.29) is 0 Å². The number of methoxy groups -OCH3 is 2. The van der Waals surface area contributed by atoms with Crippen LogP contribution in [-0.2, 0) is 10.8 Å². The zero-order valence-corrected chi connectivity index (χ0v) is 12.4. The molecule has 0 heterocycles. The molecule has 0 aliphatic carbocycles. The first-order valence-corrected chi connectivity index (χ1v) is 9.22. The van der Waals surface area contributed by atoms with Crippen LogP contribution in [0.15, 0.2) is 18.2 Å². The monoisotopic (exact) mass is 254 g/mol. The van der Waals surface area contributed by atoms with Gasteiger partial charge in [0, 0.05) is 6.61 Å². The van der Waals surface area contributed by atoms with E-state index in [9.17, 15) is 0 Å². The van der Waals surface area contributed by atoms with Crippen molar-refractivity contribution in [1.82, 2.24) is 0 Å². The van der Waals surface area contributed by atoms with Crippen LogP contribution < -0.4 is 9.47 Å². The molecule has 0 amide bonds. The lowest BCUT2D eigenvalue weighted by Gasteiger charge is -2.17. The van der Waals surface area contributed by atoms with E-state index in [1.807, 2.05) is 12.1 Å². The van der Waals surface area contributed by atoms with E-state index in [4.69, 9.17) is 13.9 Å². The zero-order valence-electron chi connectivity index (χ0n) is 11.4. The SMILES string of the molecule is COc1ccc(CCO[Si](C)(C)C)cc1OC. The number of hydrogen-bond acceptors (Lipinski definition) is 3. The third-order valence-electron chi connectivity index (χ3n) is 2.37. The Hall–Kier alpha value is -1.00. The van der Waals surface area contributed by atoms with Crippen molar-refractivity contribution in [1.29, 1.82) is 0 Å². The van der Waals surface area contributed by atoms with Crippen molar-refractivity contribution in [2.24, 2.45) is 0 Å². The number of hydrogen-bond donors (Lipinski definition) is 0. The fourth-order valence-electron chi connectivity index (χ4n) is 1.51. The molecule has 0 N–H and O–H groups in total. The first-order chi connectivity index (χ1) is 7.96. The Morgan fingerprint density at radius 1 is 1.00 bits per heavy atom. The van der Waals surface area contributed by atoms with Crippen LogP contribution in [0.25, 0.3) is 0 Å². The average Bonchev–Trinajstić information content (AvgIpc) is 2.27. The highest BCUT2D eigenvalue weighted by Crippen LogP contribution is 2.27. The van der Waals surface area contributed by atoms with Gasteiger partial charge in [-0.05, 0) is 43.8 Å². The van der Waals surface area contributed by atoms with E-state index in [0.29, 0.717) is 0 Å². The lowest BCUT2D eigenvalue weighted by atomic mass is 10.1. The maximum atomic E-state index is 5.83. The van der Waals surface area contributed by atoms with Crippen LogP contribution >= 0.6 is 0 Å². The minimum absolute atomic E-state index is 0.766. The highest BCUT2D eigenvalue weighted by atomic mass is 28.4. The highest BCUT2D eigenvalue weighted by Gasteiger charge is 2.13. The highest BCUT2D eigenvalue weighted by molar-refractivity contribution is 6.69. The van der Waals surface area contributed by atoms with E-state index in [1.165, 1.54) is 5.56 Å². The molecule has 3 nitrogen and oxygen atoms in total. The lowest BCUT2D eigenvalue weighted by molar-refractivity contribution is 0.315. The Kier molecular flexibility index (Phi) is 5.02. The van der Waals surface area contributed by atoms with Gasteiger partial charge in [-0.15, -0.1) is 0 Å². The van der Waals surface area contributed by atoms with Gasteiger partial charge in [0.15, 0.2) is 19.8 Å². The molecule has 1 rings (SSSR count). The Bertz CT molecular complexity index is 358. The van der Waals surface area contributed by atoms with E-state index >= 15 is 0 Å². The molecule has 0 unspecified atom stereocenters. The standard InChI is InChI=1S/C13H22O3Si/c1-14-12-7-6-11(10-13(12)15-2)8-9-16-17(3,4)5/h6-7,10H,8-9H2,1-5H3. The van der Waals surface area contributed by atoms with E-state index in [2.05, 4.69) is 25.7 Å². The number of ether oxygens (including phenoxy) is 2. The summed E-state index contributed by atoms with van der Waals surface area (Å²) >= 11 is 0. The lowest BCUT2D eigenvalue weighted by Crippen LogP contribution is -2.26. The molecule has 0 atom stereocenters.